The number of hydrogen-bond acceptors (Lipinski definition) is 6. The highest BCUT2D eigenvalue weighted by Gasteiger charge is 2.43. The molecule has 0 spiro atoms. The molecule has 0 aliphatic heterocycles. The Hall–Kier alpha value is -2.18. The summed E-state index contributed by atoms with van der Waals surface area (Å²) < 4.78 is 10.2. The van der Waals surface area contributed by atoms with Crippen molar-refractivity contribution in [3.8, 4) is 0 Å². The number of methoxy groups -OCH3 is 1. The van der Waals surface area contributed by atoms with Crippen LogP contribution >= 0.6 is 0 Å². The van der Waals surface area contributed by atoms with Crippen LogP contribution in [-0.2, 0) is 25.5 Å². The van der Waals surface area contributed by atoms with Gasteiger partial charge in [0.15, 0.2) is 0 Å². The fourth-order valence-corrected chi connectivity index (χ4v) is 4.57. The molecule has 1 aromatic rings. The lowest BCUT2D eigenvalue weighted by Gasteiger charge is -2.25. The Morgan fingerprint density at radius 3 is 2.59 bits per heavy atom. The van der Waals surface area contributed by atoms with Crippen molar-refractivity contribution in [2.75, 3.05) is 7.11 Å². The summed E-state index contributed by atoms with van der Waals surface area (Å²) in [5.74, 6) is -0.548. The van der Waals surface area contributed by atoms with Gasteiger partial charge >= 0.3 is 11.9 Å². The molecule has 5 atom stereocenters. The van der Waals surface area contributed by atoms with Crippen LogP contribution in [0.3, 0.4) is 0 Å². The standard InChI is InChI=1S/C26H38O6/c1-19(27)32-25-18-24(29)22(12-8-3-4-9-13-26(30)31-2)23(25)17-16-21(28)15-14-20-10-6-5-7-11-20/h3,5-8,10-11,21-25,28-29H,4,9,12-18H2,1-2H3/b8-3-/t21-,22+,23+,24-,25+/m0/s1. The number of benzene rings is 1. The summed E-state index contributed by atoms with van der Waals surface area (Å²) in [5.41, 5.74) is 1.20. The van der Waals surface area contributed by atoms with E-state index in [9.17, 15) is 19.8 Å². The Morgan fingerprint density at radius 1 is 1.16 bits per heavy atom. The number of aliphatic hydroxyl groups is 2. The van der Waals surface area contributed by atoms with E-state index >= 15 is 0 Å². The highest BCUT2D eigenvalue weighted by atomic mass is 16.5. The van der Waals surface area contributed by atoms with E-state index in [0.717, 1.165) is 19.3 Å². The molecule has 32 heavy (non-hydrogen) atoms. The second kappa shape index (κ2) is 14.1. The van der Waals surface area contributed by atoms with Crippen LogP contribution < -0.4 is 0 Å². The van der Waals surface area contributed by atoms with Crippen LogP contribution in [0.25, 0.3) is 0 Å². The number of ether oxygens (including phenoxy) is 2. The largest absolute Gasteiger partial charge is 0.469 e. The van der Waals surface area contributed by atoms with E-state index in [4.69, 9.17) is 4.74 Å². The number of allylic oxidation sites excluding steroid dienone is 2. The van der Waals surface area contributed by atoms with Gasteiger partial charge in [0.2, 0.25) is 0 Å². The van der Waals surface area contributed by atoms with E-state index in [-0.39, 0.29) is 29.9 Å². The summed E-state index contributed by atoms with van der Waals surface area (Å²) in [5, 5.41) is 21.1. The summed E-state index contributed by atoms with van der Waals surface area (Å²) in [6, 6.07) is 10.1. The van der Waals surface area contributed by atoms with Gasteiger partial charge in [-0.1, -0.05) is 42.5 Å². The first-order valence-corrected chi connectivity index (χ1v) is 11.7. The van der Waals surface area contributed by atoms with Crippen LogP contribution in [0.1, 0.15) is 63.9 Å². The van der Waals surface area contributed by atoms with Crippen molar-refractivity contribution in [2.45, 2.75) is 83.0 Å². The minimum absolute atomic E-state index is 0.0139. The average Bonchev–Trinajstić information content (AvgIpc) is 3.06. The number of hydrogen-bond donors (Lipinski definition) is 2. The molecular formula is C26H38O6. The molecule has 2 N–H and O–H groups in total. The summed E-state index contributed by atoms with van der Waals surface area (Å²) >= 11 is 0. The maximum Gasteiger partial charge on any atom is 0.305 e. The van der Waals surface area contributed by atoms with Crippen LogP contribution in [0, 0.1) is 11.8 Å². The van der Waals surface area contributed by atoms with Crippen molar-refractivity contribution >= 4 is 11.9 Å². The van der Waals surface area contributed by atoms with Crippen LogP contribution in [-0.4, -0.2) is 47.6 Å². The Balaban J connectivity index is 1.86. The minimum atomic E-state index is -0.537. The summed E-state index contributed by atoms with van der Waals surface area (Å²) in [6.45, 7) is 1.40. The fraction of sp³-hybridized carbons (Fsp3) is 0.615. The van der Waals surface area contributed by atoms with Gasteiger partial charge in [0, 0.05) is 25.7 Å². The zero-order chi connectivity index (χ0) is 23.3. The Bertz CT molecular complexity index is 716. The molecule has 0 unspecified atom stereocenters. The molecule has 0 aromatic heterocycles. The molecule has 1 fully saturated rings. The van der Waals surface area contributed by atoms with Crippen molar-refractivity contribution in [2.24, 2.45) is 11.8 Å². The van der Waals surface area contributed by atoms with Gasteiger partial charge in [-0.05, 0) is 56.4 Å². The fourth-order valence-electron chi connectivity index (χ4n) is 4.57. The predicted octanol–water partition coefficient (Wildman–Crippen LogP) is 3.98. The smallest absolute Gasteiger partial charge is 0.305 e. The number of esters is 2. The van der Waals surface area contributed by atoms with Crippen molar-refractivity contribution in [3.05, 3.63) is 48.0 Å². The van der Waals surface area contributed by atoms with E-state index < -0.39 is 12.2 Å². The molecule has 1 saturated carbocycles. The number of unbranched alkanes of at least 4 members (excludes halogenated alkanes) is 1. The first-order valence-electron chi connectivity index (χ1n) is 11.7. The third kappa shape index (κ3) is 9.13. The highest BCUT2D eigenvalue weighted by molar-refractivity contribution is 5.69. The van der Waals surface area contributed by atoms with Crippen LogP contribution in [0.15, 0.2) is 42.5 Å². The quantitative estimate of drug-likeness (QED) is 0.270. The molecular weight excluding hydrogens is 408 g/mol. The lowest BCUT2D eigenvalue weighted by Crippen LogP contribution is -2.26. The monoisotopic (exact) mass is 446 g/mol. The van der Waals surface area contributed by atoms with Crippen molar-refractivity contribution in [1.29, 1.82) is 0 Å². The van der Waals surface area contributed by atoms with Gasteiger partial charge < -0.3 is 19.7 Å². The third-order valence-electron chi connectivity index (χ3n) is 6.31. The van der Waals surface area contributed by atoms with Gasteiger partial charge in [0.25, 0.3) is 0 Å². The first-order chi connectivity index (χ1) is 15.4. The van der Waals surface area contributed by atoms with Crippen molar-refractivity contribution < 1.29 is 29.3 Å². The lowest BCUT2D eigenvalue weighted by atomic mass is 9.85. The molecule has 0 saturated heterocycles. The molecule has 2 rings (SSSR count). The molecule has 6 heteroatoms. The van der Waals surface area contributed by atoms with E-state index in [1.54, 1.807) is 0 Å². The van der Waals surface area contributed by atoms with Crippen LogP contribution in [0.4, 0.5) is 0 Å². The average molecular weight is 447 g/mol. The van der Waals surface area contributed by atoms with Crippen LogP contribution in [0.2, 0.25) is 0 Å². The number of carbonyl (C=O) groups is 2. The van der Waals surface area contributed by atoms with E-state index in [1.165, 1.54) is 19.6 Å². The predicted molar refractivity (Wildman–Crippen MR) is 123 cm³/mol. The maximum atomic E-state index is 11.6. The number of rotatable bonds is 13. The van der Waals surface area contributed by atoms with Gasteiger partial charge in [0.05, 0.1) is 19.3 Å². The molecule has 0 amide bonds. The van der Waals surface area contributed by atoms with Crippen molar-refractivity contribution in [3.63, 3.8) is 0 Å². The molecule has 1 aliphatic carbocycles. The molecule has 6 nitrogen and oxygen atoms in total. The molecule has 0 bridgehead atoms. The number of aliphatic hydroxyl groups excluding tert-OH is 2. The second-order valence-electron chi connectivity index (χ2n) is 8.71. The summed E-state index contributed by atoms with van der Waals surface area (Å²) in [6.07, 6.45) is 8.61. The Labute approximate surface area is 191 Å². The maximum absolute atomic E-state index is 11.6. The molecule has 0 radical (unpaired) electrons. The topological polar surface area (TPSA) is 93.1 Å². The lowest BCUT2D eigenvalue weighted by molar-refractivity contribution is -0.148. The molecule has 1 aliphatic rings. The molecule has 178 valence electrons. The van der Waals surface area contributed by atoms with Gasteiger partial charge in [-0.3, -0.25) is 9.59 Å². The Morgan fingerprint density at radius 2 is 1.91 bits per heavy atom. The third-order valence-corrected chi connectivity index (χ3v) is 6.31. The summed E-state index contributed by atoms with van der Waals surface area (Å²) in [4.78, 5) is 22.7. The molecule has 0 heterocycles. The van der Waals surface area contributed by atoms with E-state index in [0.29, 0.717) is 38.5 Å². The van der Waals surface area contributed by atoms with Crippen molar-refractivity contribution in [1.82, 2.24) is 0 Å². The molecule has 1 aromatic carbocycles. The van der Waals surface area contributed by atoms with Crippen LogP contribution in [0.5, 0.6) is 0 Å². The number of aryl methyl sites for hydroxylation is 1. The second-order valence-corrected chi connectivity index (χ2v) is 8.71. The zero-order valence-electron chi connectivity index (χ0n) is 19.3. The Kier molecular flexibility index (Phi) is 11.5. The van der Waals surface area contributed by atoms with Gasteiger partial charge in [0.1, 0.15) is 6.10 Å². The van der Waals surface area contributed by atoms with Gasteiger partial charge in [-0.25, -0.2) is 0 Å². The first kappa shape index (κ1) is 26.1. The van der Waals surface area contributed by atoms with E-state index in [1.807, 2.05) is 30.4 Å². The highest BCUT2D eigenvalue weighted by Crippen LogP contribution is 2.40. The normalized spacial score (nSPS) is 23.9. The van der Waals surface area contributed by atoms with Gasteiger partial charge in [-0.2, -0.15) is 0 Å². The van der Waals surface area contributed by atoms with E-state index in [2.05, 4.69) is 16.9 Å². The SMILES string of the molecule is COC(=O)CCC/C=C\C[C@@H]1[C@@H](CC[C@@H](O)CCc2ccccc2)[C@H](OC(C)=O)C[C@@H]1O. The summed E-state index contributed by atoms with van der Waals surface area (Å²) in [7, 11) is 1.39. The zero-order valence-corrected chi connectivity index (χ0v) is 19.3. The van der Waals surface area contributed by atoms with Gasteiger partial charge in [-0.15, -0.1) is 0 Å². The number of carbonyl (C=O) groups excluding carboxylic acids is 2. The minimum Gasteiger partial charge on any atom is -0.469 e.